The van der Waals surface area contributed by atoms with Crippen LogP contribution in [0.3, 0.4) is 0 Å². The van der Waals surface area contributed by atoms with Crippen molar-refractivity contribution in [2.45, 2.75) is 13.3 Å². The molecule has 0 radical (unpaired) electrons. The van der Waals surface area contributed by atoms with E-state index in [-0.39, 0.29) is 17.8 Å². The molecule has 0 aliphatic carbocycles. The van der Waals surface area contributed by atoms with E-state index in [2.05, 4.69) is 20.4 Å². The number of non-ortho nitro benzene ring substituents is 1. The highest BCUT2D eigenvalue weighted by atomic mass is 16.6. The van der Waals surface area contributed by atoms with Gasteiger partial charge in [-0.05, 0) is 25.1 Å². The van der Waals surface area contributed by atoms with E-state index >= 15 is 0 Å². The Labute approximate surface area is 198 Å². The predicted octanol–water partition coefficient (Wildman–Crippen LogP) is 1.84. The van der Waals surface area contributed by atoms with Crippen molar-refractivity contribution in [1.29, 1.82) is 0 Å². The summed E-state index contributed by atoms with van der Waals surface area (Å²) in [5, 5.41) is 17.2. The van der Waals surface area contributed by atoms with Gasteiger partial charge in [0.1, 0.15) is 11.6 Å². The summed E-state index contributed by atoms with van der Waals surface area (Å²) in [6, 6.07) is 11.2. The molecule has 1 unspecified atom stereocenters. The Kier molecular flexibility index (Phi) is 7.61. The second kappa shape index (κ2) is 10.8. The Bertz CT molecular complexity index is 1340. The summed E-state index contributed by atoms with van der Waals surface area (Å²) >= 11 is 0. The lowest BCUT2D eigenvalue weighted by Gasteiger charge is -2.18. The highest BCUT2D eigenvalue weighted by Gasteiger charge is 2.33. The molecule has 180 valence electrons. The lowest BCUT2D eigenvalue weighted by molar-refractivity contribution is -0.384. The summed E-state index contributed by atoms with van der Waals surface area (Å²) in [5.41, 5.74) is 8.53. The number of nitro groups is 1. The maximum Gasteiger partial charge on any atom is 0.332 e. The first-order chi connectivity index (χ1) is 16.7. The number of aromatic nitrogens is 2. The monoisotopic (exact) mass is 479 g/mol. The van der Waals surface area contributed by atoms with Gasteiger partial charge in [0, 0.05) is 24.2 Å². The topological polar surface area (TPSA) is 192 Å². The normalized spacial score (nSPS) is 12.0. The largest absolute Gasteiger partial charge is 0.468 e. The van der Waals surface area contributed by atoms with E-state index in [1.54, 1.807) is 25.1 Å². The minimum atomic E-state index is -1.32. The van der Waals surface area contributed by atoms with Gasteiger partial charge in [0.15, 0.2) is 0 Å². The molecule has 3 rings (SSSR count). The lowest BCUT2D eigenvalue weighted by Crippen LogP contribution is -2.39. The van der Waals surface area contributed by atoms with E-state index in [1.165, 1.54) is 18.2 Å². The predicted molar refractivity (Wildman–Crippen MR) is 125 cm³/mol. The fraction of sp³-hybridized carbons (Fsp3) is 0.182. The highest BCUT2D eigenvalue weighted by molar-refractivity contribution is 6.46. The van der Waals surface area contributed by atoms with E-state index in [0.29, 0.717) is 22.4 Å². The van der Waals surface area contributed by atoms with Crippen LogP contribution in [-0.4, -0.2) is 45.6 Å². The van der Waals surface area contributed by atoms with Gasteiger partial charge in [0.05, 0.1) is 34.5 Å². The number of nitrogens with zero attached hydrogens (tertiary/aromatic N) is 4. The number of primary amides is 1. The average Bonchev–Trinajstić information content (AvgIpc) is 2.83. The fourth-order valence-electron chi connectivity index (χ4n) is 3.24. The number of urea groups is 1. The number of anilines is 1. The van der Waals surface area contributed by atoms with Crippen molar-refractivity contribution in [2.24, 2.45) is 16.8 Å². The van der Waals surface area contributed by atoms with Crippen LogP contribution in [0.4, 0.5) is 16.2 Å². The quantitative estimate of drug-likeness (QED) is 0.188. The summed E-state index contributed by atoms with van der Waals surface area (Å²) < 4.78 is 4.87. The number of hydrogen-bond acceptors (Lipinski definition) is 9. The van der Waals surface area contributed by atoms with Crippen LogP contribution in [0, 0.1) is 23.0 Å². The van der Waals surface area contributed by atoms with Crippen LogP contribution >= 0.6 is 0 Å². The van der Waals surface area contributed by atoms with Gasteiger partial charge in [-0.3, -0.25) is 19.7 Å². The molecular weight excluding hydrogens is 458 g/mol. The molecule has 3 amide bonds. The molecule has 13 nitrogen and oxygen atoms in total. The van der Waals surface area contributed by atoms with Crippen LogP contribution in [0.1, 0.15) is 11.4 Å². The van der Waals surface area contributed by atoms with E-state index < -0.39 is 34.5 Å². The fourth-order valence-corrected chi connectivity index (χ4v) is 3.24. The molecule has 2 aromatic carbocycles. The molecule has 1 aromatic heterocycles. The minimum absolute atomic E-state index is 0.0706. The second-order valence-corrected chi connectivity index (χ2v) is 7.26. The average molecular weight is 479 g/mol. The number of fused-ring (bicyclic) bond motifs is 1. The zero-order chi connectivity index (χ0) is 25.5. The molecule has 1 atom stereocenters. The van der Waals surface area contributed by atoms with Crippen molar-refractivity contribution in [1.82, 2.24) is 15.4 Å². The van der Waals surface area contributed by atoms with Crippen LogP contribution in [0.25, 0.3) is 11.0 Å². The Hall–Kier alpha value is -4.94. The number of ether oxygens (including phenoxy) is 1. The van der Waals surface area contributed by atoms with E-state index in [1.807, 2.05) is 11.5 Å². The second-order valence-electron chi connectivity index (χ2n) is 7.26. The van der Waals surface area contributed by atoms with Gasteiger partial charge in [-0.1, -0.05) is 18.2 Å². The first kappa shape index (κ1) is 24.7. The summed E-state index contributed by atoms with van der Waals surface area (Å²) in [4.78, 5) is 56.5. The number of hydrazone groups is 1. The number of nitrogens with two attached hydrogens (primary N) is 1. The molecule has 35 heavy (non-hydrogen) atoms. The number of amides is 3. The molecule has 1 heterocycles. The van der Waals surface area contributed by atoms with Crippen molar-refractivity contribution >= 4 is 46.0 Å². The van der Waals surface area contributed by atoms with Crippen molar-refractivity contribution in [3.63, 3.8) is 0 Å². The van der Waals surface area contributed by atoms with Gasteiger partial charge in [0.2, 0.25) is 0 Å². The van der Waals surface area contributed by atoms with Gasteiger partial charge in [-0.15, -0.1) is 0 Å². The summed E-state index contributed by atoms with van der Waals surface area (Å²) in [6.45, 7) is 1.70. The first-order valence-corrected chi connectivity index (χ1v) is 10.2. The third-order valence-electron chi connectivity index (χ3n) is 4.89. The Morgan fingerprint density at radius 2 is 1.83 bits per heavy atom. The van der Waals surface area contributed by atoms with Crippen molar-refractivity contribution in [3.05, 3.63) is 70.0 Å². The van der Waals surface area contributed by atoms with Gasteiger partial charge >= 0.3 is 12.0 Å². The number of nitrogens with one attached hydrogen (secondary N) is 2. The maximum atomic E-state index is 13.1. The van der Waals surface area contributed by atoms with Gasteiger partial charge in [0.25, 0.3) is 11.6 Å². The van der Waals surface area contributed by atoms with Crippen LogP contribution < -0.4 is 16.5 Å². The van der Waals surface area contributed by atoms with Crippen LogP contribution in [0.15, 0.2) is 53.6 Å². The van der Waals surface area contributed by atoms with E-state index in [4.69, 9.17) is 10.5 Å². The first-order valence-electron chi connectivity index (χ1n) is 10.2. The molecule has 0 fully saturated rings. The summed E-state index contributed by atoms with van der Waals surface area (Å²) in [6.07, 6.45) is -0.141. The third-order valence-corrected chi connectivity index (χ3v) is 4.89. The van der Waals surface area contributed by atoms with Gasteiger partial charge in [-0.25, -0.2) is 20.2 Å². The number of aryl methyl sites for hydroxylation is 1. The third kappa shape index (κ3) is 6.10. The zero-order valence-corrected chi connectivity index (χ0v) is 18.7. The number of hydrogen-bond donors (Lipinski definition) is 3. The summed E-state index contributed by atoms with van der Waals surface area (Å²) in [5.74, 6) is -3.07. The molecule has 3 aromatic rings. The molecule has 0 aliphatic rings. The lowest BCUT2D eigenvalue weighted by atomic mass is 9.95. The molecule has 4 N–H and O–H groups in total. The minimum Gasteiger partial charge on any atom is -0.468 e. The number of benzene rings is 2. The Morgan fingerprint density at radius 1 is 1.14 bits per heavy atom. The van der Waals surface area contributed by atoms with Crippen molar-refractivity contribution in [3.8, 4) is 0 Å². The molecule has 13 heteroatoms. The number of methoxy groups -OCH3 is 1. The number of carbonyl (C=O) groups is 3. The van der Waals surface area contributed by atoms with Crippen molar-refractivity contribution < 1.29 is 24.0 Å². The SMILES string of the molecule is COC(=O)C(Cc1nc2ccccc2nc1C)/C(=N\NC(N)=O)C(=O)Nc1cccc([N+](=O)[O-])c1. The van der Waals surface area contributed by atoms with Crippen molar-refractivity contribution in [2.75, 3.05) is 12.4 Å². The Morgan fingerprint density at radius 3 is 2.46 bits per heavy atom. The van der Waals surface area contributed by atoms with Gasteiger partial charge < -0.3 is 15.8 Å². The smallest absolute Gasteiger partial charge is 0.332 e. The standard InChI is InChI=1S/C22H21N7O6/c1-12-18(26-17-9-4-3-8-16(17)24-12)11-15(21(31)35-2)19(27-28-22(23)32)20(30)25-13-6-5-7-14(10-13)29(33)34/h3-10,15H,11H2,1-2H3,(H,25,30)(H3,23,28,32)/b27-19+. The summed E-state index contributed by atoms with van der Waals surface area (Å²) in [7, 11) is 1.13. The number of nitro benzene ring substituents is 1. The van der Waals surface area contributed by atoms with E-state index in [9.17, 15) is 24.5 Å². The maximum absolute atomic E-state index is 13.1. The van der Waals surface area contributed by atoms with Crippen LogP contribution in [0.5, 0.6) is 0 Å². The van der Waals surface area contributed by atoms with Crippen LogP contribution in [0.2, 0.25) is 0 Å². The Balaban J connectivity index is 2.00. The molecule has 0 saturated heterocycles. The number of rotatable bonds is 8. The number of carbonyl (C=O) groups excluding carboxylic acids is 3. The van der Waals surface area contributed by atoms with E-state index in [0.717, 1.165) is 13.2 Å². The molecule has 0 aliphatic heterocycles. The highest BCUT2D eigenvalue weighted by Crippen LogP contribution is 2.20. The van der Waals surface area contributed by atoms with Gasteiger partial charge in [-0.2, -0.15) is 5.10 Å². The molecular formula is C22H21N7O6. The molecule has 0 spiro atoms. The van der Waals surface area contributed by atoms with Crippen LogP contribution in [-0.2, 0) is 20.7 Å². The number of para-hydroxylation sites is 2. The number of esters is 1. The zero-order valence-electron chi connectivity index (χ0n) is 18.7. The molecule has 0 saturated carbocycles. The molecule has 0 bridgehead atoms.